The molecular formula is C21H27F2N3O2. The number of nitrogens with zero attached hydrogens (tertiary/aromatic N) is 1. The van der Waals surface area contributed by atoms with Crippen molar-refractivity contribution in [3.8, 4) is 0 Å². The van der Waals surface area contributed by atoms with Crippen LogP contribution >= 0.6 is 0 Å². The summed E-state index contributed by atoms with van der Waals surface area (Å²) >= 11 is 0. The van der Waals surface area contributed by atoms with Crippen molar-refractivity contribution in [1.29, 1.82) is 0 Å². The fourth-order valence-electron chi connectivity index (χ4n) is 2.97. The molecule has 1 amide bonds. The molecule has 7 heteroatoms. The van der Waals surface area contributed by atoms with Gasteiger partial charge in [-0.05, 0) is 47.7 Å². The lowest BCUT2D eigenvalue weighted by Gasteiger charge is -2.24. The maximum absolute atomic E-state index is 13.4. The van der Waals surface area contributed by atoms with E-state index in [0.717, 1.165) is 11.8 Å². The van der Waals surface area contributed by atoms with Gasteiger partial charge >= 0.3 is 0 Å². The van der Waals surface area contributed by atoms with E-state index in [9.17, 15) is 18.7 Å². The molecule has 0 radical (unpaired) electrons. The first-order valence-electron chi connectivity index (χ1n) is 9.30. The van der Waals surface area contributed by atoms with Gasteiger partial charge in [0.25, 0.3) is 0 Å². The topological polar surface area (TPSA) is 74.2 Å². The molecule has 1 aromatic heterocycles. The third-order valence-electron chi connectivity index (χ3n) is 4.40. The number of benzene rings is 1. The molecule has 2 atom stereocenters. The first-order valence-corrected chi connectivity index (χ1v) is 9.30. The van der Waals surface area contributed by atoms with Gasteiger partial charge < -0.3 is 15.7 Å². The number of pyridine rings is 1. The fraction of sp³-hybridized carbons (Fsp3) is 0.429. The molecule has 1 heterocycles. The van der Waals surface area contributed by atoms with Gasteiger partial charge in [0.05, 0.1) is 17.8 Å². The summed E-state index contributed by atoms with van der Waals surface area (Å²) in [7, 11) is 0. The molecule has 0 spiro atoms. The number of halogens is 2. The first kappa shape index (κ1) is 21.9. The van der Waals surface area contributed by atoms with Gasteiger partial charge in [0.15, 0.2) is 0 Å². The van der Waals surface area contributed by atoms with Gasteiger partial charge in [-0.1, -0.05) is 13.8 Å². The molecule has 0 aliphatic carbocycles. The summed E-state index contributed by atoms with van der Waals surface area (Å²) in [5.41, 5.74) is 2.39. The molecule has 0 saturated heterocycles. The Hall–Kier alpha value is -2.38. The van der Waals surface area contributed by atoms with Crippen LogP contribution in [0.15, 0.2) is 36.5 Å². The number of carbonyl (C=O) groups excluding carboxylic acids is 1. The van der Waals surface area contributed by atoms with Crippen molar-refractivity contribution >= 4 is 5.91 Å². The second-order valence-corrected chi connectivity index (χ2v) is 7.22. The highest BCUT2D eigenvalue weighted by Gasteiger charge is 2.21. The minimum Gasteiger partial charge on any atom is -0.390 e. The van der Waals surface area contributed by atoms with Gasteiger partial charge in [-0.15, -0.1) is 0 Å². The Morgan fingerprint density at radius 1 is 1.18 bits per heavy atom. The first-order chi connectivity index (χ1) is 13.2. The number of carbonyl (C=O) groups is 1. The summed E-state index contributed by atoms with van der Waals surface area (Å²) < 4.78 is 26.8. The third kappa shape index (κ3) is 6.98. The van der Waals surface area contributed by atoms with Crippen LogP contribution in [-0.2, 0) is 17.8 Å². The highest BCUT2D eigenvalue weighted by Crippen LogP contribution is 2.14. The number of aliphatic hydroxyl groups is 1. The zero-order chi connectivity index (χ0) is 20.7. The Labute approximate surface area is 164 Å². The van der Waals surface area contributed by atoms with Crippen molar-refractivity contribution < 1.29 is 18.7 Å². The molecule has 0 bridgehead atoms. The van der Waals surface area contributed by atoms with Gasteiger partial charge in [-0.2, -0.15) is 0 Å². The number of aromatic nitrogens is 1. The number of rotatable bonds is 9. The van der Waals surface area contributed by atoms with E-state index in [-0.39, 0.29) is 18.9 Å². The van der Waals surface area contributed by atoms with Crippen molar-refractivity contribution in [1.82, 2.24) is 15.6 Å². The number of aliphatic hydroxyl groups excluding tert-OH is 1. The zero-order valence-corrected chi connectivity index (χ0v) is 16.4. The van der Waals surface area contributed by atoms with E-state index in [4.69, 9.17) is 0 Å². The summed E-state index contributed by atoms with van der Waals surface area (Å²) in [6.07, 6.45) is 0.919. The van der Waals surface area contributed by atoms with Gasteiger partial charge in [-0.3, -0.25) is 9.78 Å². The van der Waals surface area contributed by atoms with E-state index in [2.05, 4.69) is 29.5 Å². The molecule has 0 aliphatic rings. The van der Waals surface area contributed by atoms with Crippen LogP contribution in [-0.4, -0.2) is 34.7 Å². The molecule has 3 N–H and O–H groups in total. The SMILES string of the molecule is CC(=O)N[C@@H](Cc1cc(F)cc(F)c1)[C@@H](O)CNCc1cc(C(C)C)ccn1. The molecule has 2 rings (SSSR count). The fourth-order valence-corrected chi connectivity index (χ4v) is 2.97. The number of hydrogen-bond donors (Lipinski definition) is 3. The van der Waals surface area contributed by atoms with Crippen LogP contribution in [0, 0.1) is 11.6 Å². The molecule has 0 fully saturated rings. The average molecular weight is 391 g/mol. The predicted octanol–water partition coefficient (Wildman–Crippen LogP) is 2.68. The Bertz CT molecular complexity index is 779. The molecule has 2 aromatic rings. The molecule has 152 valence electrons. The maximum atomic E-state index is 13.4. The van der Waals surface area contributed by atoms with Crippen LogP contribution in [0.25, 0.3) is 0 Å². The molecular weight excluding hydrogens is 364 g/mol. The molecule has 0 saturated carbocycles. The second kappa shape index (κ2) is 10.2. The number of hydrogen-bond acceptors (Lipinski definition) is 4. The highest BCUT2D eigenvalue weighted by atomic mass is 19.1. The molecule has 5 nitrogen and oxygen atoms in total. The monoisotopic (exact) mass is 391 g/mol. The average Bonchev–Trinajstić information content (AvgIpc) is 2.60. The molecule has 0 unspecified atom stereocenters. The van der Waals surface area contributed by atoms with E-state index in [0.29, 0.717) is 18.0 Å². The summed E-state index contributed by atoms with van der Waals surface area (Å²) in [5, 5.41) is 16.3. The zero-order valence-electron chi connectivity index (χ0n) is 16.4. The van der Waals surface area contributed by atoms with Gasteiger partial charge in [0.2, 0.25) is 5.91 Å². The third-order valence-corrected chi connectivity index (χ3v) is 4.40. The van der Waals surface area contributed by atoms with Crippen LogP contribution in [0.1, 0.15) is 43.5 Å². The van der Waals surface area contributed by atoms with Crippen LogP contribution < -0.4 is 10.6 Å². The minimum absolute atomic E-state index is 0.109. The predicted molar refractivity (Wildman–Crippen MR) is 104 cm³/mol. The standard InChI is InChI=1S/C21H27F2N3O2/c1-13(2)16-4-5-25-19(9-16)11-24-12-21(28)20(26-14(3)27)8-15-6-17(22)10-18(23)7-15/h4-7,9-10,13,20-21,24,28H,8,11-12H2,1-3H3,(H,26,27)/t20-,21-/m0/s1. The van der Waals surface area contributed by atoms with Gasteiger partial charge in [-0.25, -0.2) is 8.78 Å². The van der Waals surface area contributed by atoms with E-state index in [1.165, 1.54) is 24.6 Å². The van der Waals surface area contributed by atoms with Crippen LogP contribution in [0.3, 0.4) is 0 Å². The minimum atomic E-state index is -0.941. The van der Waals surface area contributed by atoms with Crippen molar-refractivity contribution in [3.63, 3.8) is 0 Å². The van der Waals surface area contributed by atoms with E-state index < -0.39 is 23.8 Å². The Kier molecular flexibility index (Phi) is 8.02. The summed E-state index contributed by atoms with van der Waals surface area (Å²) in [4.78, 5) is 15.8. The Morgan fingerprint density at radius 3 is 2.46 bits per heavy atom. The molecule has 28 heavy (non-hydrogen) atoms. The summed E-state index contributed by atoms with van der Waals surface area (Å²) in [6.45, 7) is 6.18. The number of nitrogens with one attached hydrogen (secondary N) is 2. The van der Waals surface area contributed by atoms with Crippen molar-refractivity contribution in [3.05, 3.63) is 65.0 Å². The lowest BCUT2D eigenvalue weighted by molar-refractivity contribution is -0.120. The van der Waals surface area contributed by atoms with E-state index in [1.54, 1.807) is 6.20 Å². The number of amides is 1. The Morgan fingerprint density at radius 2 is 1.86 bits per heavy atom. The lowest BCUT2D eigenvalue weighted by atomic mass is 10.0. The van der Waals surface area contributed by atoms with Gasteiger partial charge in [0.1, 0.15) is 11.6 Å². The molecule has 0 aliphatic heterocycles. The second-order valence-electron chi connectivity index (χ2n) is 7.22. The smallest absolute Gasteiger partial charge is 0.217 e. The van der Waals surface area contributed by atoms with Crippen molar-refractivity contribution in [2.75, 3.05) is 6.54 Å². The maximum Gasteiger partial charge on any atom is 0.217 e. The lowest BCUT2D eigenvalue weighted by Crippen LogP contribution is -2.48. The summed E-state index contributed by atoms with van der Waals surface area (Å²) in [5.74, 6) is -1.32. The van der Waals surface area contributed by atoms with Crippen LogP contribution in [0.2, 0.25) is 0 Å². The largest absolute Gasteiger partial charge is 0.390 e. The van der Waals surface area contributed by atoms with Crippen LogP contribution in [0.5, 0.6) is 0 Å². The van der Waals surface area contributed by atoms with Crippen LogP contribution in [0.4, 0.5) is 8.78 Å². The van der Waals surface area contributed by atoms with Crippen molar-refractivity contribution in [2.45, 2.75) is 51.8 Å². The van der Waals surface area contributed by atoms with E-state index in [1.807, 2.05) is 12.1 Å². The summed E-state index contributed by atoms with van der Waals surface area (Å²) in [6, 6.07) is 6.46. The van der Waals surface area contributed by atoms with E-state index >= 15 is 0 Å². The van der Waals surface area contributed by atoms with Gasteiger partial charge in [0, 0.05) is 32.3 Å². The van der Waals surface area contributed by atoms with Crippen molar-refractivity contribution in [2.24, 2.45) is 0 Å². The molecule has 1 aromatic carbocycles. The normalized spacial score (nSPS) is 13.4. The Balaban J connectivity index is 1.97. The highest BCUT2D eigenvalue weighted by molar-refractivity contribution is 5.73. The quantitative estimate of drug-likeness (QED) is 0.615.